The van der Waals surface area contributed by atoms with Gasteiger partial charge < -0.3 is 20.1 Å². The van der Waals surface area contributed by atoms with Crippen molar-refractivity contribution in [1.82, 2.24) is 19.4 Å². The highest BCUT2D eigenvalue weighted by atomic mass is 32.2. The molecule has 0 bridgehead atoms. The van der Waals surface area contributed by atoms with Crippen molar-refractivity contribution in [2.75, 3.05) is 31.8 Å². The van der Waals surface area contributed by atoms with Gasteiger partial charge in [0.25, 0.3) is 11.1 Å². The molecule has 36 heavy (non-hydrogen) atoms. The third kappa shape index (κ3) is 5.35. The first-order chi connectivity index (χ1) is 17.1. The highest BCUT2D eigenvalue weighted by molar-refractivity contribution is 7.90. The standard InChI is InChI=1S/C25H32N6O4S/c1-29(2)22-19-14-20(24(33)30(16-21(26)32)15-17-10-6-4-7-11-17)31(18-12-8-5-9-13-18)23(19)28-25(27-22)36(3,34)35/h4,6-7,10-11,14,18H,5,8-9,12-13,15-16H2,1-3H3,(H2,26,32). The van der Waals surface area contributed by atoms with Gasteiger partial charge in [0.1, 0.15) is 23.7 Å². The summed E-state index contributed by atoms with van der Waals surface area (Å²) in [5.41, 5.74) is 7.13. The Morgan fingerprint density at radius 2 is 1.75 bits per heavy atom. The molecule has 1 fully saturated rings. The summed E-state index contributed by atoms with van der Waals surface area (Å²) in [4.78, 5) is 37.8. The number of nitrogens with zero attached hydrogens (tertiary/aromatic N) is 5. The van der Waals surface area contributed by atoms with Crippen LogP contribution in [-0.2, 0) is 21.2 Å². The van der Waals surface area contributed by atoms with E-state index in [2.05, 4.69) is 9.97 Å². The first-order valence-corrected chi connectivity index (χ1v) is 13.9. The van der Waals surface area contributed by atoms with Gasteiger partial charge in [-0.1, -0.05) is 49.6 Å². The molecule has 2 N–H and O–H groups in total. The van der Waals surface area contributed by atoms with Gasteiger partial charge in [-0.3, -0.25) is 9.59 Å². The van der Waals surface area contributed by atoms with Crippen molar-refractivity contribution < 1.29 is 18.0 Å². The predicted octanol–water partition coefficient (Wildman–Crippen LogP) is 2.53. The van der Waals surface area contributed by atoms with Gasteiger partial charge in [-0.15, -0.1) is 0 Å². The molecule has 1 aliphatic rings. The van der Waals surface area contributed by atoms with E-state index in [1.54, 1.807) is 25.1 Å². The fourth-order valence-electron chi connectivity index (χ4n) is 4.79. The number of carbonyl (C=O) groups is 2. The van der Waals surface area contributed by atoms with Crippen molar-refractivity contribution in [3.05, 3.63) is 47.7 Å². The molecule has 1 aromatic carbocycles. The summed E-state index contributed by atoms with van der Waals surface area (Å²) in [6, 6.07) is 11.1. The number of hydrogen-bond acceptors (Lipinski definition) is 7. The number of nitrogens with two attached hydrogens (primary N) is 1. The van der Waals surface area contributed by atoms with Gasteiger partial charge >= 0.3 is 0 Å². The van der Waals surface area contributed by atoms with Gasteiger partial charge in [-0.2, -0.15) is 4.98 Å². The van der Waals surface area contributed by atoms with Crippen molar-refractivity contribution in [3.8, 4) is 0 Å². The maximum absolute atomic E-state index is 14.0. The van der Waals surface area contributed by atoms with Gasteiger partial charge in [0, 0.05) is 32.9 Å². The Labute approximate surface area is 211 Å². The molecule has 11 heteroatoms. The zero-order valence-corrected chi connectivity index (χ0v) is 21.7. The summed E-state index contributed by atoms with van der Waals surface area (Å²) >= 11 is 0. The molecule has 2 amide bonds. The Hall–Kier alpha value is -3.47. The third-order valence-electron chi connectivity index (χ3n) is 6.42. The lowest BCUT2D eigenvalue weighted by Gasteiger charge is -2.28. The lowest BCUT2D eigenvalue weighted by atomic mass is 9.95. The Kier molecular flexibility index (Phi) is 7.30. The number of anilines is 1. The predicted molar refractivity (Wildman–Crippen MR) is 137 cm³/mol. The van der Waals surface area contributed by atoms with Crippen molar-refractivity contribution in [2.45, 2.75) is 49.8 Å². The van der Waals surface area contributed by atoms with E-state index in [0.717, 1.165) is 43.9 Å². The molecule has 0 spiro atoms. The molecule has 1 aliphatic carbocycles. The average Bonchev–Trinajstić information content (AvgIpc) is 3.22. The van der Waals surface area contributed by atoms with Gasteiger partial charge in [-0.25, -0.2) is 13.4 Å². The topological polar surface area (TPSA) is 131 Å². The second-order valence-electron chi connectivity index (χ2n) is 9.54. The average molecular weight is 513 g/mol. The summed E-state index contributed by atoms with van der Waals surface area (Å²) in [7, 11) is -0.169. The van der Waals surface area contributed by atoms with E-state index in [1.165, 1.54) is 4.90 Å². The number of amides is 2. The maximum atomic E-state index is 14.0. The molecular formula is C25H32N6O4S. The van der Waals surface area contributed by atoms with Crippen LogP contribution in [0.3, 0.4) is 0 Å². The number of primary amides is 1. The molecular weight excluding hydrogens is 480 g/mol. The van der Waals surface area contributed by atoms with Crippen molar-refractivity contribution in [3.63, 3.8) is 0 Å². The summed E-state index contributed by atoms with van der Waals surface area (Å²) in [5.74, 6) is -0.576. The fourth-order valence-corrected chi connectivity index (χ4v) is 5.30. The number of fused-ring (bicyclic) bond motifs is 1. The third-order valence-corrected chi connectivity index (χ3v) is 7.26. The molecule has 2 heterocycles. The van der Waals surface area contributed by atoms with Crippen LogP contribution in [0.5, 0.6) is 0 Å². The Morgan fingerprint density at radius 1 is 1.08 bits per heavy atom. The zero-order chi connectivity index (χ0) is 26.0. The number of sulfone groups is 1. The van der Waals surface area contributed by atoms with Crippen LogP contribution in [-0.4, -0.2) is 66.6 Å². The van der Waals surface area contributed by atoms with Crippen molar-refractivity contribution in [1.29, 1.82) is 0 Å². The lowest BCUT2D eigenvalue weighted by molar-refractivity contribution is -0.118. The van der Waals surface area contributed by atoms with E-state index in [-0.39, 0.29) is 30.2 Å². The van der Waals surface area contributed by atoms with E-state index in [4.69, 9.17) is 5.73 Å². The van der Waals surface area contributed by atoms with E-state index in [0.29, 0.717) is 22.5 Å². The quantitative estimate of drug-likeness (QED) is 0.459. The minimum absolute atomic E-state index is 0.0281. The monoisotopic (exact) mass is 512 g/mol. The van der Waals surface area contributed by atoms with Crippen molar-refractivity contribution in [2.24, 2.45) is 5.73 Å². The Bertz CT molecular complexity index is 1380. The van der Waals surface area contributed by atoms with Crippen LogP contribution in [0.2, 0.25) is 0 Å². The summed E-state index contributed by atoms with van der Waals surface area (Å²) in [5, 5.41) is 0.297. The Balaban J connectivity index is 1.93. The molecule has 0 saturated heterocycles. The van der Waals surface area contributed by atoms with E-state index in [1.807, 2.05) is 34.9 Å². The molecule has 4 rings (SSSR count). The summed E-state index contributed by atoms with van der Waals surface area (Å²) in [6.45, 7) is -0.0453. The molecule has 192 valence electrons. The highest BCUT2D eigenvalue weighted by Crippen LogP contribution is 2.36. The second-order valence-corrected chi connectivity index (χ2v) is 11.4. The molecule has 0 aliphatic heterocycles. The fraction of sp³-hybridized carbons (Fsp3) is 0.440. The molecule has 0 unspecified atom stereocenters. The summed E-state index contributed by atoms with van der Waals surface area (Å²) in [6.07, 6.45) is 5.85. The molecule has 1 saturated carbocycles. The van der Waals surface area contributed by atoms with Gasteiger partial charge in [-0.05, 0) is 24.5 Å². The molecule has 10 nitrogen and oxygen atoms in total. The van der Waals surface area contributed by atoms with Crippen LogP contribution >= 0.6 is 0 Å². The van der Waals surface area contributed by atoms with Crippen LogP contribution in [0, 0.1) is 0 Å². The Morgan fingerprint density at radius 3 is 2.33 bits per heavy atom. The maximum Gasteiger partial charge on any atom is 0.271 e. The van der Waals surface area contributed by atoms with Gasteiger partial charge in [0.05, 0.1) is 5.39 Å². The first-order valence-electron chi connectivity index (χ1n) is 12.0. The lowest BCUT2D eigenvalue weighted by Crippen LogP contribution is -2.39. The number of carbonyl (C=O) groups excluding carboxylic acids is 2. The minimum Gasteiger partial charge on any atom is -0.368 e. The number of benzene rings is 1. The number of rotatable bonds is 8. The van der Waals surface area contributed by atoms with Crippen LogP contribution < -0.4 is 10.6 Å². The smallest absolute Gasteiger partial charge is 0.271 e. The van der Waals surface area contributed by atoms with Crippen LogP contribution in [0.15, 0.2) is 41.6 Å². The molecule has 2 aromatic heterocycles. The number of aromatic nitrogens is 3. The van der Waals surface area contributed by atoms with Crippen LogP contribution in [0.1, 0.15) is 54.2 Å². The van der Waals surface area contributed by atoms with Gasteiger partial charge in [0.2, 0.25) is 15.7 Å². The zero-order valence-electron chi connectivity index (χ0n) is 20.8. The van der Waals surface area contributed by atoms with E-state index in [9.17, 15) is 18.0 Å². The van der Waals surface area contributed by atoms with Crippen LogP contribution in [0.4, 0.5) is 5.82 Å². The SMILES string of the molecule is CN(C)c1nc(S(C)(=O)=O)nc2c1cc(C(=O)N(CC(N)=O)Cc1ccccc1)n2C1CCCCC1. The van der Waals surface area contributed by atoms with Crippen molar-refractivity contribution >= 4 is 38.5 Å². The molecule has 0 atom stereocenters. The highest BCUT2D eigenvalue weighted by Gasteiger charge is 2.30. The van der Waals surface area contributed by atoms with E-state index < -0.39 is 15.7 Å². The normalized spacial score (nSPS) is 14.6. The minimum atomic E-state index is -3.70. The number of hydrogen-bond donors (Lipinski definition) is 1. The van der Waals surface area contributed by atoms with E-state index >= 15 is 0 Å². The van der Waals surface area contributed by atoms with Crippen LogP contribution in [0.25, 0.3) is 11.0 Å². The van der Waals surface area contributed by atoms with Gasteiger partial charge in [0.15, 0.2) is 0 Å². The first kappa shape index (κ1) is 25.6. The largest absolute Gasteiger partial charge is 0.368 e. The summed E-state index contributed by atoms with van der Waals surface area (Å²) < 4.78 is 26.7. The molecule has 0 radical (unpaired) electrons. The second kappa shape index (κ2) is 10.3. The molecule has 3 aromatic rings.